The number of nitrogens with zero attached hydrogens (tertiary/aromatic N) is 2. The Bertz CT molecular complexity index is 677. The average Bonchev–Trinajstić information content (AvgIpc) is 2.23. The lowest BCUT2D eigenvalue weighted by Gasteiger charge is -2.14. The highest BCUT2D eigenvalue weighted by Gasteiger charge is 2.41. The number of ether oxygens (including phenoxy) is 1. The second kappa shape index (κ2) is 5.55. The number of halogens is 6. The lowest BCUT2D eigenvalue weighted by Crippen LogP contribution is -2.20. The lowest BCUT2D eigenvalue weighted by atomic mass is 10.2. The molecule has 1 aromatic rings. The first-order chi connectivity index (χ1) is 9.34. The van der Waals surface area contributed by atoms with Crippen molar-refractivity contribution in [1.82, 2.24) is 4.98 Å². The maximum Gasteiger partial charge on any atom is 0.573 e. The molecular formula is C7H2ClF5N2O5S. The van der Waals surface area contributed by atoms with Crippen molar-refractivity contribution in [2.75, 3.05) is 0 Å². The Labute approximate surface area is 116 Å². The van der Waals surface area contributed by atoms with E-state index in [1.165, 1.54) is 0 Å². The molecule has 1 rings (SSSR count). The standard InChI is InChI=1S/C7H2ClF5N2O5S/c8-21(18,19)4-3(20-7(11,12)13)2(5(9)10)1-14-6(4)15(16)17/h1,5H. The van der Waals surface area contributed by atoms with Crippen LogP contribution in [-0.2, 0) is 9.05 Å². The predicted octanol–water partition coefficient (Wildman–Crippen LogP) is 2.75. The van der Waals surface area contributed by atoms with Gasteiger partial charge in [0.15, 0.2) is 11.9 Å². The van der Waals surface area contributed by atoms with Gasteiger partial charge in [-0.05, 0) is 9.91 Å². The van der Waals surface area contributed by atoms with Crippen LogP contribution in [0.1, 0.15) is 12.0 Å². The molecule has 0 saturated carbocycles. The molecule has 0 unspecified atom stereocenters. The molecule has 0 fully saturated rings. The molecule has 0 spiro atoms. The van der Waals surface area contributed by atoms with E-state index in [0.717, 1.165) is 0 Å². The normalized spacial score (nSPS) is 12.5. The van der Waals surface area contributed by atoms with Crippen LogP contribution in [0, 0.1) is 10.1 Å². The fourth-order valence-electron chi connectivity index (χ4n) is 1.21. The molecule has 0 aliphatic carbocycles. The summed E-state index contributed by atoms with van der Waals surface area (Å²) in [7, 11) is -0.474. The van der Waals surface area contributed by atoms with Gasteiger partial charge in [0, 0.05) is 10.7 Å². The summed E-state index contributed by atoms with van der Waals surface area (Å²) in [5, 5.41) is 10.6. The van der Waals surface area contributed by atoms with Crippen LogP contribution in [0.15, 0.2) is 11.1 Å². The second-order valence-electron chi connectivity index (χ2n) is 3.24. The smallest absolute Gasteiger partial charge is 0.403 e. The van der Waals surface area contributed by atoms with Gasteiger partial charge < -0.3 is 14.9 Å². The van der Waals surface area contributed by atoms with Gasteiger partial charge in [0.1, 0.15) is 5.56 Å². The number of pyridine rings is 1. The van der Waals surface area contributed by atoms with Gasteiger partial charge in [-0.2, -0.15) is 0 Å². The van der Waals surface area contributed by atoms with Gasteiger partial charge in [-0.25, -0.2) is 17.2 Å². The number of nitro groups is 1. The zero-order valence-electron chi connectivity index (χ0n) is 9.27. The van der Waals surface area contributed by atoms with E-state index in [9.17, 15) is 40.5 Å². The first kappa shape index (κ1) is 17.3. The summed E-state index contributed by atoms with van der Waals surface area (Å²) in [5.74, 6) is -3.66. The summed E-state index contributed by atoms with van der Waals surface area (Å²) in [5.41, 5.74) is -1.61. The fraction of sp³-hybridized carbons (Fsp3) is 0.286. The number of aromatic nitrogens is 1. The van der Waals surface area contributed by atoms with Gasteiger partial charge in [0.2, 0.25) is 4.90 Å². The molecule has 0 bridgehead atoms. The van der Waals surface area contributed by atoms with Crippen molar-refractivity contribution < 1.29 is 40.0 Å². The van der Waals surface area contributed by atoms with Gasteiger partial charge in [-0.15, -0.1) is 13.2 Å². The van der Waals surface area contributed by atoms with Crippen molar-refractivity contribution in [2.45, 2.75) is 17.7 Å². The monoisotopic (exact) mass is 356 g/mol. The largest absolute Gasteiger partial charge is 0.573 e. The number of hydrogen-bond donors (Lipinski definition) is 0. The maximum absolute atomic E-state index is 12.6. The Kier molecular flexibility index (Phi) is 4.57. The molecule has 21 heavy (non-hydrogen) atoms. The molecule has 0 aromatic carbocycles. The molecule has 0 aliphatic rings. The van der Waals surface area contributed by atoms with E-state index >= 15 is 0 Å². The third-order valence-corrected chi connectivity index (χ3v) is 3.19. The van der Waals surface area contributed by atoms with Gasteiger partial charge in [-0.3, -0.25) is 0 Å². The molecule has 0 amide bonds. The SMILES string of the molecule is O=[N+]([O-])c1ncc(C(F)F)c(OC(F)(F)F)c1S(=O)(=O)Cl. The third kappa shape index (κ3) is 4.10. The molecule has 14 heteroatoms. The Hall–Kier alpha value is -1.76. The molecule has 0 N–H and O–H groups in total. The molecule has 0 radical (unpaired) electrons. The number of alkyl halides is 5. The Morgan fingerprint density at radius 2 is 1.90 bits per heavy atom. The highest BCUT2D eigenvalue weighted by Crippen LogP contribution is 2.42. The van der Waals surface area contributed by atoms with Crippen molar-refractivity contribution in [2.24, 2.45) is 0 Å². The summed E-state index contributed by atoms with van der Waals surface area (Å²) < 4.78 is 87.3. The molecule has 118 valence electrons. The maximum atomic E-state index is 12.6. The molecule has 1 aromatic heterocycles. The molecule has 0 atom stereocenters. The summed E-state index contributed by atoms with van der Waals surface area (Å²) >= 11 is 0. The zero-order chi connectivity index (χ0) is 16.6. The first-order valence-corrected chi connectivity index (χ1v) is 6.81. The van der Waals surface area contributed by atoms with Crippen molar-refractivity contribution >= 4 is 25.6 Å². The zero-order valence-corrected chi connectivity index (χ0v) is 10.8. The van der Waals surface area contributed by atoms with E-state index in [0.29, 0.717) is 0 Å². The van der Waals surface area contributed by atoms with E-state index < -0.39 is 48.8 Å². The second-order valence-corrected chi connectivity index (χ2v) is 5.74. The van der Waals surface area contributed by atoms with Gasteiger partial charge in [0.05, 0.1) is 0 Å². The van der Waals surface area contributed by atoms with Gasteiger partial charge in [-0.1, -0.05) is 0 Å². The van der Waals surface area contributed by atoms with Crippen LogP contribution < -0.4 is 4.74 Å². The number of rotatable bonds is 4. The van der Waals surface area contributed by atoms with Crippen LogP contribution in [0.4, 0.5) is 27.8 Å². The Morgan fingerprint density at radius 3 is 2.24 bits per heavy atom. The number of hydrogen-bond acceptors (Lipinski definition) is 6. The van der Waals surface area contributed by atoms with Crippen molar-refractivity contribution in [1.29, 1.82) is 0 Å². The fourth-order valence-corrected chi connectivity index (χ4v) is 2.35. The highest BCUT2D eigenvalue weighted by molar-refractivity contribution is 8.14. The van der Waals surface area contributed by atoms with Crippen LogP contribution in [0.3, 0.4) is 0 Å². The minimum absolute atomic E-state index is 0.00452. The summed E-state index contributed by atoms with van der Waals surface area (Å²) in [4.78, 5) is 9.92. The van der Waals surface area contributed by atoms with Crippen molar-refractivity contribution in [3.05, 3.63) is 21.9 Å². The Morgan fingerprint density at radius 1 is 1.38 bits per heavy atom. The highest BCUT2D eigenvalue weighted by atomic mass is 35.7. The molecular weight excluding hydrogens is 355 g/mol. The first-order valence-electron chi connectivity index (χ1n) is 4.50. The van der Waals surface area contributed by atoms with E-state index in [4.69, 9.17) is 10.7 Å². The van der Waals surface area contributed by atoms with E-state index in [2.05, 4.69) is 9.72 Å². The Balaban J connectivity index is 3.82. The van der Waals surface area contributed by atoms with Crippen LogP contribution in [0.25, 0.3) is 0 Å². The van der Waals surface area contributed by atoms with Crippen LogP contribution in [-0.4, -0.2) is 24.7 Å². The van der Waals surface area contributed by atoms with Gasteiger partial charge in [0.25, 0.3) is 15.5 Å². The van der Waals surface area contributed by atoms with Gasteiger partial charge >= 0.3 is 12.2 Å². The topological polar surface area (TPSA) is 99.4 Å². The lowest BCUT2D eigenvalue weighted by molar-refractivity contribution is -0.393. The van der Waals surface area contributed by atoms with Crippen LogP contribution in [0.2, 0.25) is 0 Å². The van der Waals surface area contributed by atoms with Crippen molar-refractivity contribution in [3.63, 3.8) is 0 Å². The van der Waals surface area contributed by atoms with Crippen LogP contribution >= 0.6 is 10.7 Å². The average molecular weight is 357 g/mol. The molecule has 0 aliphatic heterocycles. The van der Waals surface area contributed by atoms with E-state index in [1.54, 1.807) is 0 Å². The molecule has 0 saturated heterocycles. The molecule has 1 heterocycles. The minimum atomic E-state index is -5.59. The summed E-state index contributed by atoms with van der Waals surface area (Å²) in [6.45, 7) is 0. The van der Waals surface area contributed by atoms with Crippen LogP contribution in [0.5, 0.6) is 5.75 Å². The predicted molar refractivity (Wildman–Crippen MR) is 55.6 cm³/mol. The third-order valence-electron chi connectivity index (χ3n) is 1.87. The summed E-state index contributed by atoms with van der Waals surface area (Å²) in [6.07, 6.45) is -9.24. The quantitative estimate of drug-likeness (QED) is 0.356. The summed E-state index contributed by atoms with van der Waals surface area (Å²) in [6, 6.07) is 0. The van der Waals surface area contributed by atoms with E-state index in [1.807, 2.05) is 0 Å². The van der Waals surface area contributed by atoms with Crippen molar-refractivity contribution in [3.8, 4) is 5.75 Å². The molecule has 7 nitrogen and oxygen atoms in total. The van der Waals surface area contributed by atoms with E-state index in [-0.39, 0.29) is 6.20 Å². The minimum Gasteiger partial charge on any atom is -0.403 e.